The van der Waals surface area contributed by atoms with Crippen molar-refractivity contribution in [3.63, 3.8) is 0 Å². The fourth-order valence-electron chi connectivity index (χ4n) is 2.54. The van der Waals surface area contributed by atoms with Crippen LogP contribution >= 0.6 is 0 Å². The summed E-state index contributed by atoms with van der Waals surface area (Å²) < 4.78 is 14.3. The third kappa shape index (κ3) is 5.29. The van der Waals surface area contributed by atoms with Gasteiger partial charge in [0.15, 0.2) is 0 Å². The summed E-state index contributed by atoms with van der Waals surface area (Å²) in [5, 5.41) is 0. The van der Waals surface area contributed by atoms with Gasteiger partial charge in [-0.25, -0.2) is 4.39 Å². The molecule has 0 aromatic heterocycles. The van der Waals surface area contributed by atoms with E-state index >= 15 is 0 Å². The molecule has 0 heterocycles. The molecule has 0 radical (unpaired) electrons. The first-order chi connectivity index (χ1) is 10.0. The first-order valence-corrected chi connectivity index (χ1v) is 8.05. The van der Waals surface area contributed by atoms with Gasteiger partial charge in [-0.15, -0.1) is 0 Å². The Morgan fingerprint density at radius 1 is 1.10 bits per heavy atom. The Bertz CT molecular complexity index is 416. The van der Waals surface area contributed by atoms with Crippen molar-refractivity contribution in [1.82, 2.24) is 4.90 Å². The highest BCUT2D eigenvalue weighted by Crippen LogP contribution is 2.23. The van der Waals surface area contributed by atoms with Gasteiger partial charge in [-0.05, 0) is 57.6 Å². The van der Waals surface area contributed by atoms with Gasteiger partial charge in [0.1, 0.15) is 5.82 Å². The van der Waals surface area contributed by atoms with E-state index in [2.05, 4.69) is 30.6 Å². The fraction of sp³-hybridized carbons (Fsp3) is 0.647. The summed E-state index contributed by atoms with van der Waals surface area (Å²) in [6, 6.07) is 5.21. The number of benzene rings is 1. The molecule has 0 aliphatic heterocycles. The summed E-state index contributed by atoms with van der Waals surface area (Å²) in [5.74, 6) is -0.172. The molecule has 2 N–H and O–H groups in total. The van der Waals surface area contributed by atoms with Crippen molar-refractivity contribution in [2.24, 2.45) is 5.73 Å². The molecular formula is C17H30FN3. The van der Waals surface area contributed by atoms with Gasteiger partial charge < -0.3 is 15.5 Å². The van der Waals surface area contributed by atoms with Crippen molar-refractivity contribution < 1.29 is 4.39 Å². The maximum Gasteiger partial charge on any atom is 0.146 e. The Kier molecular flexibility index (Phi) is 7.68. The average Bonchev–Trinajstić information content (AvgIpc) is 2.48. The van der Waals surface area contributed by atoms with Gasteiger partial charge in [0, 0.05) is 19.1 Å². The largest absolute Gasteiger partial charge is 0.369 e. The maximum absolute atomic E-state index is 14.3. The van der Waals surface area contributed by atoms with E-state index < -0.39 is 0 Å². The number of nitrogens with zero attached hydrogens (tertiary/aromatic N) is 2. The highest BCUT2D eigenvalue weighted by molar-refractivity contribution is 5.49. The lowest BCUT2D eigenvalue weighted by Crippen LogP contribution is -2.30. The summed E-state index contributed by atoms with van der Waals surface area (Å²) in [6.45, 7) is 13.2. The van der Waals surface area contributed by atoms with Crippen LogP contribution in [-0.4, -0.2) is 37.6 Å². The lowest BCUT2D eigenvalue weighted by molar-refractivity contribution is 0.300. The summed E-state index contributed by atoms with van der Waals surface area (Å²) >= 11 is 0. The van der Waals surface area contributed by atoms with Gasteiger partial charge in [0.2, 0.25) is 0 Å². The molecule has 1 aromatic carbocycles. The van der Waals surface area contributed by atoms with Crippen LogP contribution in [0, 0.1) is 5.82 Å². The average molecular weight is 295 g/mol. The number of hydrogen-bond acceptors (Lipinski definition) is 3. The second kappa shape index (κ2) is 9.00. The van der Waals surface area contributed by atoms with E-state index in [0.717, 1.165) is 44.7 Å². The molecule has 4 heteroatoms. The molecule has 0 amide bonds. The molecule has 1 aromatic rings. The summed E-state index contributed by atoms with van der Waals surface area (Å²) in [6.07, 6.45) is 1.05. The van der Waals surface area contributed by atoms with Crippen LogP contribution in [0.15, 0.2) is 18.2 Å². The van der Waals surface area contributed by atoms with Gasteiger partial charge in [0.05, 0.1) is 5.69 Å². The Hall–Kier alpha value is -1.13. The van der Waals surface area contributed by atoms with Crippen molar-refractivity contribution in [3.8, 4) is 0 Å². The number of rotatable bonds is 9. The zero-order valence-corrected chi connectivity index (χ0v) is 13.9. The second-order valence-corrected chi connectivity index (χ2v) is 5.46. The molecule has 0 saturated carbocycles. The smallest absolute Gasteiger partial charge is 0.146 e. The molecule has 1 rings (SSSR count). The Morgan fingerprint density at radius 2 is 1.76 bits per heavy atom. The van der Waals surface area contributed by atoms with Crippen molar-refractivity contribution in [1.29, 1.82) is 0 Å². The van der Waals surface area contributed by atoms with Gasteiger partial charge in [-0.2, -0.15) is 0 Å². The minimum absolute atomic E-state index is 0.133. The van der Waals surface area contributed by atoms with E-state index in [-0.39, 0.29) is 11.9 Å². The highest BCUT2D eigenvalue weighted by Gasteiger charge is 2.12. The minimum atomic E-state index is -0.172. The number of halogens is 1. The van der Waals surface area contributed by atoms with Gasteiger partial charge in [-0.1, -0.05) is 19.9 Å². The Morgan fingerprint density at radius 3 is 2.24 bits per heavy atom. The van der Waals surface area contributed by atoms with E-state index in [1.807, 2.05) is 19.1 Å². The van der Waals surface area contributed by atoms with Crippen LogP contribution in [0.4, 0.5) is 10.1 Å². The summed E-state index contributed by atoms with van der Waals surface area (Å²) in [5.41, 5.74) is 7.32. The molecule has 0 bridgehead atoms. The molecule has 21 heavy (non-hydrogen) atoms. The van der Waals surface area contributed by atoms with Crippen molar-refractivity contribution >= 4 is 5.69 Å². The topological polar surface area (TPSA) is 32.5 Å². The molecule has 0 fully saturated rings. The second-order valence-electron chi connectivity index (χ2n) is 5.46. The molecular weight excluding hydrogens is 265 g/mol. The molecule has 0 unspecified atom stereocenters. The first kappa shape index (κ1) is 17.9. The van der Waals surface area contributed by atoms with Crippen molar-refractivity contribution in [2.75, 3.05) is 37.6 Å². The Balaban J connectivity index is 2.67. The van der Waals surface area contributed by atoms with E-state index in [1.165, 1.54) is 0 Å². The molecule has 1 atom stereocenters. The quantitative estimate of drug-likeness (QED) is 0.758. The molecule has 0 saturated heterocycles. The number of hydrogen-bond donors (Lipinski definition) is 1. The monoisotopic (exact) mass is 295 g/mol. The van der Waals surface area contributed by atoms with E-state index in [9.17, 15) is 4.39 Å². The fourth-order valence-corrected chi connectivity index (χ4v) is 2.54. The zero-order chi connectivity index (χ0) is 15.8. The SMILES string of the molecule is CCN(CC)CCCN(CC)c1ccc([C@@H](C)N)cc1F. The predicted octanol–water partition coefficient (Wildman–Crippen LogP) is 3.40. The third-order valence-electron chi connectivity index (χ3n) is 4.02. The molecule has 3 nitrogen and oxygen atoms in total. The molecule has 120 valence electrons. The maximum atomic E-state index is 14.3. The van der Waals surface area contributed by atoms with Crippen LogP contribution in [0.1, 0.15) is 45.7 Å². The number of anilines is 1. The van der Waals surface area contributed by atoms with E-state index in [4.69, 9.17) is 5.73 Å². The zero-order valence-electron chi connectivity index (χ0n) is 13.9. The van der Waals surface area contributed by atoms with Crippen LogP contribution in [-0.2, 0) is 0 Å². The van der Waals surface area contributed by atoms with Gasteiger partial charge in [-0.3, -0.25) is 0 Å². The predicted molar refractivity (Wildman–Crippen MR) is 89.3 cm³/mol. The summed E-state index contributed by atoms with van der Waals surface area (Å²) in [4.78, 5) is 4.49. The van der Waals surface area contributed by atoms with Crippen LogP contribution in [0.2, 0.25) is 0 Å². The molecule has 0 aliphatic carbocycles. The first-order valence-electron chi connectivity index (χ1n) is 8.05. The minimum Gasteiger partial charge on any atom is -0.369 e. The van der Waals surface area contributed by atoms with E-state index in [0.29, 0.717) is 5.69 Å². The lowest BCUT2D eigenvalue weighted by atomic mass is 10.1. The van der Waals surface area contributed by atoms with Crippen LogP contribution < -0.4 is 10.6 Å². The van der Waals surface area contributed by atoms with Crippen molar-refractivity contribution in [2.45, 2.75) is 40.2 Å². The van der Waals surface area contributed by atoms with Crippen LogP contribution in [0.3, 0.4) is 0 Å². The van der Waals surface area contributed by atoms with Crippen molar-refractivity contribution in [3.05, 3.63) is 29.6 Å². The normalized spacial score (nSPS) is 12.7. The molecule has 0 spiro atoms. The molecule has 0 aliphatic rings. The van der Waals surface area contributed by atoms with E-state index in [1.54, 1.807) is 6.07 Å². The van der Waals surface area contributed by atoms with Crippen LogP contribution in [0.25, 0.3) is 0 Å². The highest BCUT2D eigenvalue weighted by atomic mass is 19.1. The third-order valence-corrected chi connectivity index (χ3v) is 4.02. The summed E-state index contributed by atoms with van der Waals surface area (Å²) in [7, 11) is 0. The van der Waals surface area contributed by atoms with Crippen LogP contribution in [0.5, 0.6) is 0 Å². The Labute approximate surface area is 128 Å². The van der Waals surface area contributed by atoms with Gasteiger partial charge >= 0.3 is 0 Å². The van der Waals surface area contributed by atoms with Gasteiger partial charge in [0.25, 0.3) is 0 Å². The number of nitrogens with two attached hydrogens (primary N) is 1. The standard InChI is InChI=1S/C17H30FN3/c1-5-20(6-2)11-8-12-21(7-3)17-10-9-15(14(4)19)13-16(17)18/h9-10,13-14H,5-8,11-12,19H2,1-4H3/t14-/m1/s1. The lowest BCUT2D eigenvalue weighted by Gasteiger charge is -2.26.